The summed E-state index contributed by atoms with van der Waals surface area (Å²) in [5.74, 6) is 0.520. The number of amides is 1. The van der Waals surface area contributed by atoms with E-state index in [4.69, 9.17) is 6.42 Å². The predicted molar refractivity (Wildman–Crippen MR) is 133 cm³/mol. The van der Waals surface area contributed by atoms with Gasteiger partial charge in [0.15, 0.2) is 0 Å². The molecule has 7 nitrogen and oxygen atoms in total. The van der Waals surface area contributed by atoms with Crippen molar-refractivity contribution < 1.29 is 30.8 Å². The SMILES string of the molecule is C#Cc1cc(CNC(=O)/C=C/c2ccc(C(F)(F)F)nc2Nc2ccccc2)cc(F)c1NS(C)(=O)=O. The Kier molecular flexibility index (Phi) is 8.19. The molecule has 0 saturated heterocycles. The normalized spacial score (nSPS) is 11.7. The van der Waals surface area contributed by atoms with Crippen molar-refractivity contribution in [3.05, 3.63) is 88.9 Å². The minimum atomic E-state index is -4.66. The van der Waals surface area contributed by atoms with Crippen molar-refractivity contribution in [1.82, 2.24) is 10.3 Å². The van der Waals surface area contributed by atoms with Gasteiger partial charge in [-0.1, -0.05) is 24.1 Å². The van der Waals surface area contributed by atoms with Gasteiger partial charge in [-0.25, -0.2) is 17.8 Å². The van der Waals surface area contributed by atoms with Gasteiger partial charge < -0.3 is 10.6 Å². The summed E-state index contributed by atoms with van der Waals surface area (Å²) in [5, 5.41) is 5.30. The van der Waals surface area contributed by atoms with Crippen LogP contribution in [0.25, 0.3) is 6.08 Å². The number of para-hydroxylation sites is 1. The van der Waals surface area contributed by atoms with E-state index in [1.807, 2.05) is 4.72 Å². The molecule has 1 amide bonds. The van der Waals surface area contributed by atoms with E-state index in [0.717, 1.165) is 24.5 Å². The van der Waals surface area contributed by atoms with Crippen molar-refractivity contribution in [2.45, 2.75) is 12.7 Å². The molecule has 1 heterocycles. The second kappa shape index (κ2) is 11.1. The summed E-state index contributed by atoms with van der Waals surface area (Å²) in [4.78, 5) is 16.0. The zero-order valence-corrected chi connectivity index (χ0v) is 20.0. The highest BCUT2D eigenvalue weighted by Crippen LogP contribution is 2.31. The summed E-state index contributed by atoms with van der Waals surface area (Å²) >= 11 is 0. The topological polar surface area (TPSA) is 100 Å². The molecule has 0 spiro atoms. The quantitative estimate of drug-likeness (QED) is 0.223. The third kappa shape index (κ3) is 7.81. The number of hydrogen-bond donors (Lipinski definition) is 3. The molecule has 192 valence electrons. The van der Waals surface area contributed by atoms with Crippen LogP contribution in [0.15, 0.2) is 60.7 Å². The first-order chi connectivity index (χ1) is 17.4. The number of carbonyl (C=O) groups excluding carboxylic acids is 1. The van der Waals surface area contributed by atoms with E-state index in [0.29, 0.717) is 5.69 Å². The fourth-order valence-electron chi connectivity index (χ4n) is 3.10. The Labute approximate surface area is 210 Å². The van der Waals surface area contributed by atoms with Crippen LogP contribution < -0.4 is 15.4 Å². The monoisotopic (exact) mass is 532 g/mol. The highest BCUT2D eigenvalue weighted by Gasteiger charge is 2.33. The molecule has 37 heavy (non-hydrogen) atoms. The average Bonchev–Trinajstić information content (AvgIpc) is 2.82. The highest BCUT2D eigenvalue weighted by atomic mass is 32.2. The number of nitrogens with zero attached hydrogens (tertiary/aromatic N) is 1. The molecule has 3 N–H and O–H groups in total. The molecular weight excluding hydrogens is 512 g/mol. The maximum absolute atomic E-state index is 14.4. The number of nitrogens with one attached hydrogen (secondary N) is 3. The first-order valence-corrected chi connectivity index (χ1v) is 12.4. The number of anilines is 3. The second-order valence-electron chi connectivity index (χ2n) is 7.69. The van der Waals surface area contributed by atoms with E-state index < -0.39 is 33.6 Å². The largest absolute Gasteiger partial charge is 0.433 e. The second-order valence-corrected chi connectivity index (χ2v) is 9.44. The maximum atomic E-state index is 14.4. The fraction of sp³-hybridized carbons (Fsp3) is 0.120. The van der Waals surface area contributed by atoms with Crippen LogP contribution in [0.2, 0.25) is 0 Å². The van der Waals surface area contributed by atoms with Crippen molar-refractivity contribution in [1.29, 1.82) is 0 Å². The van der Waals surface area contributed by atoms with Crippen molar-refractivity contribution in [2.75, 3.05) is 16.3 Å². The zero-order chi connectivity index (χ0) is 27.2. The van der Waals surface area contributed by atoms with Gasteiger partial charge in [0.2, 0.25) is 15.9 Å². The number of rotatable bonds is 8. The Morgan fingerprint density at radius 3 is 2.46 bits per heavy atom. The van der Waals surface area contributed by atoms with E-state index in [1.165, 1.54) is 18.2 Å². The molecule has 0 atom stereocenters. The van der Waals surface area contributed by atoms with Crippen molar-refractivity contribution in [3.8, 4) is 12.3 Å². The molecule has 0 aliphatic rings. The number of hydrogen-bond acceptors (Lipinski definition) is 5. The van der Waals surface area contributed by atoms with Gasteiger partial charge in [0, 0.05) is 23.9 Å². The van der Waals surface area contributed by atoms with Gasteiger partial charge in [-0.2, -0.15) is 13.2 Å². The first-order valence-electron chi connectivity index (χ1n) is 10.5. The maximum Gasteiger partial charge on any atom is 0.433 e. The molecular formula is C25H20F4N4O3S. The minimum Gasteiger partial charge on any atom is -0.348 e. The molecule has 0 aliphatic heterocycles. The Bertz CT molecular complexity index is 1480. The number of halogens is 4. The van der Waals surface area contributed by atoms with Gasteiger partial charge in [0.1, 0.15) is 17.3 Å². The van der Waals surface area contributed by atoms with Gasteiger partial charge in [-0.15, -0.1) is 6.42 Å². The van der Waals surface area contributed by atoms with Crippen molar-refractivity contribution in [3.63, 3.8) is 0 Å². The van der Waals surface area contributed by atoms with E-state index in [9.17, 15) is 30.8 Å². The van der Waals surface area contributed by atoms with Gasteiger partial charge in [-0.3, -0.25) is 9.52 Å². The third-order valence-corrected chi connectivity index (χ3v) is 5.30. The summed E-state index contributed by atoms with van der Waals surface area (Å²) in [5.41, 5.74) is -0.579. The van der Waals surface area contributed by atoms with E-state index in [1.54, 1.807) is 30.3 Å². The standard InChI is InChI=1S/C25H20F4N4O3S/c1-3-17-13-16(14-20(26)23(17)33-37(2,35)36)15-30-22(34)12-10-18-9-11-21(25(27,28)29)32-24(18)31-19-7-5-4-6-8-19/h1,4-14,33H,15H2,2H3,(H,30,34)(H,31,32)/b12-10+. The Balaban J connectivity index is 1.77. The molecule has 0 bridgehead atoms. The van der Waals surface area contributed by atoms with Crippen LogP contribution in [0.1, 0.15) is 22.4 Å². The summed E-state index contributed by atoms with van der Waals surface area (Å²) in [7, 11) is -3.78. The lowest BCUT2D eigenvalue weighted by atomic mass is 10.1. The van der Waals surface area contributed by atoms with E-state index in [-0.39, 0.29) is 34.7 Å². The van der Waals surface area contributed by atoms with Crippen molar-refractivity contribution >= 4 is 39.2 Å². The van der Waals surface area contributed by atoms with E-state index >= 15 is 0 Å². The number of benzene rings is 2. The van der Waals surface area contributed by atoms with Crippen molar-refractivity contribution in [2.24, 2.45) is 0 Å². The summed E-state index contributed by atoms with van der Waals surface area (Å²) in [6.07, 6.45) is 3.90. The Morgan fingerprint density at radius 1 is 1.14 bits per heavy atom. The minimum absolute atomic E-state index is 0.0577. The molecule has 2 aromatic carbocycles. The summed E-state index contributed by atoms with van der Waals surface area (Å²) in [6, 6.07) is 12.7. The van der Waals surface area contributed by atoms with Crippen LogP contribution in [-0.4, -0.2) is 25.6 Å². The molecule has 0 unspecified atom stereocenters. The molecule has 0 saturated carbocycles. The molecule has 0 fully saturated rings. The number of carbonyl (C=O) groups is 1. The van der Waals surface area contributed by atoms with Gasteiger partial charge >= 0.3 is 6.18 Å². The number of sulfonamides is 1. The summed E-state index contributed by atoms with van der Waals surface area (Å²) in [6.45, 7) is -0.158. The molecule has 3 rings (SSSR count). The number of alkyl halides is 3. The van der Waals surface area contributed by atoms with Gasteiger partial charge in [0.05, 0.1) is 17.5 Å². The van der Waals surface area contributed by atoms with Crippen LogP contribution in [0, 0.1) is 18.2 Å². The number of pyridine rings is 1. The molecule has 1 aromatic heterocycles. The lowest BCUT2D eigenvalue weighted by Gasteiger charge is -2.13. The number of terminal acetylenes is 1. The van der Waals surface area contributed by atoms with Gasteiger partial charge in [0.25, 0.3) is 0 Å². The first kappa shape index (κ1) is 27.2. The average molecular weight is 533 g/mol. The zero-order valence-electron chi connectivity index (χ0n) is 19.2. The van der Waals surface area contributed by atoms with E-state index in [2.05, 4.69) is 21.5 Å². The lowest BCUT2D eigenvalue weighted by molar-refractivity contribution is -0.141. The number of aromatic nitrogens is 1. The third-order valence-electron chi connectivity index (χ3n) is 4.73. The molecule has 12 heteroatoms. The fourth-order valence-corrected chi connectivity index (χ4v) is 3.68. The van der Waals surface area contributed by atoms with Crippen LogP contribution in [0.5, 0.6) is 0 Å². The molecule has 3 aromatic rings. The predicted octanol–water partition coefficient (Wildman–Crippen LogP) is 4.67. The lowest BCUT2D eigenvalue weighted by Crippen LogP contribution is -2.21. The van der Waals surface area contributed by atoms with Crippen LogP contribution >= 0.6 is 0 Å². The highest BCUT2D eigenvalue weighted by molar-refractivity contribution is 7.92. The van der Waals surface area contributed by atoms with Crippen LogP contribution in [-0.2, 0) is 27.5 Å². The van der Waals surface area contributed by atoms with Crippen LogP contribution in [0.4, 0.5) is 34.8 Å². The smallest absolute Gasteiger partial charge is 0.348 e. The Morgan fingerprint density at radius 2 is 1.84 bits per heavy atom. The summed E-state index contributed by atoms with van der Waals surface area (Å²) < 4.78 is 78.8. The molecule has 0 aliphatic carbocycles. The van der Waals surface area contributed by atoms with Gasteiger partial charge in [-0.05, 0) is 48.0 Å². The van der Waals surface area contributed by atoms with Crippen LogP contribution in [0.3, 0.4) is 0 Å². The Hall–Kier alpha value is -4.37. The molecule has 0 radical (unpaired) electrons.